The molecule has 0 spiro atoms. The normalized spacial score (nSPS) is 12.0. The van der Waals surface area contributed by atoms with Crippen molar-refractivity contribution in [2.45, 2.75) is 93.9 Å². The highest BCUT2D eigenvalue weighted by atomic mass is 32.2. The van der Waals surface area contributed by atoms with E-state index in [0.29, 0.717) is 109 Å². The van der Waals surface area contributed by atoms with Crippen LogP contribution < -0.4 is 73.1 Å². The van der Waals surface area contributed by atoms with Crippen molar-refractivity contribution in [3.8, 4) is 11.5 Å². The number of amides is 4. The molecule has 32 nitrogen and oxygen atoms in total. The summed E-state index contributed by atoms with van der Waals surface area (Å²) in [5, 5.41) is 37.2. The van der Waals surface area contributed by atoms with Crippen molar-refractivity contribution in [1.82, 2.24) is 59.4 Å². The Hall–Kier alpha value is -12.9. The zero-order valence-electron chi connectivity index (χ0n) is 65.3. The second-order valence-electron chi connectivity index (χ2n) is 27.6. The number of sulfonamides is 2. The first-order chi connectivity index (χ1) is 56.0. The molecule has 0 unspecified atom stereocenters. The number of hydrogen-bond donors (Lipinski definition) is 13. The highest BCUT2D eigenvalue weighted by Crippen LogP contribution is 2.43. The minimum Gasteiger partial charge on any atom is -0.494 e. The molecule has 0 saturated heterocycles. The van der Waals surface area contributed by atoms with Crippen molar-refractivity contribution < 1.29 is 65.3 Å². The molecule has 4 amide bonds. The maximum atomic E-state index is 13.8. The van der Waals surface area contributed by atoms with Gasteiger partial charge in [0.05, 0.1) is 34.0 Å². The van der Waals surface area contributed by atoms with Gasteiger partial charge >= 0.3 is 11.9 Å². The Labute approximate surface area is 674 Å². The summed E-state index contributed by atoms with van der Waals surface area (Å²) in [4.78, 5) is 113. The second-order valence-corrected chi connectivity index (χ2v) is 30.9. The van der Waals surface area contributed by atoms with E-state index in [0.717, 1.165) is 27.8 Å². The first kappa shape index (κ1) is 86.5. The summed E-state index contributed by atoms with van der Waals surface area (Å²) in [7, 11) is -5.46. The third kappa shape index (κ3) is 21.4. The molecule has 4 aromatic heterocycles. The molecule has 11 rings (SSSR count). The van der Waals surface area contributed by atoms with Gasteiger partial charge in [0.25, 0.3) is 11.8 Å². The molecule has 0 fully saturated rings. The van der Waals surface area contributed by atoms with Gasteiger partial charge in [-0.25, -0.2) is 26.8 Å². The molecule has 0 bridgehead atoms. The Bertz CT molecular complexity index is 5630. The smallest absolute Gasteiger partial charge is 0.323 e. The van der Waals surface area contributed by atoms with Gasteiger partial charge < -0.3 is 77.2 Å². The number of aryl methyl sites for hydroxylation is 6. The van der Waals surface area contributed by atoms with Gasteiger partial charge in [-0.1, -0.05) is 103 Å². The summed E-state index contributed by atoms with van der Waals surface area (Å²) in [6, 6.07) is 43.6. The number of carboxylic acids is 2. The Kier molecular flexibility index (Phi) is 29.2. The third-order valence-electron chi connectivity index (χ3n) is 19.1. The third-order valence-corrected chi connectivity index (χ3v) is 22.6. The maximum absolute atomic E-state index is 13.8. The minimum atomic E-state index is -4.43. The van der Waals surface area contributed by atoms with Crippen LogP contribution in [0, 0.1) is 27.7 Å². The number of ether oxygens (including phenoxy) is 2. The number of rotatable bonds is 38. The van der Waals surface area contributed by atoms with Crippen LogP contribution in [-0.2, 0) is 71.9 Å². The van der Waals surface area contributed by atoms with Crippen LogP contribution in [0.1, 0.15) is 96.5 Å². The lowest BCUT2D eigenvalue weighted by Crippen LogP contribution is -2.49. The summed E-state index contributed by atoms with van der Waals surface area (Å²) in [6.45, 7) is 7.50. The zero-order chi connectivity index (χ0) is 84.1. The predicted octanol–water partition coefficient (Wildman–Crippen LogP) is 6.09. The van der Waals surface area contributed by atoms with E-state index >= 15 is 0 Å². The number of imidazole rings is 2. The molecular formula is C83H94N16O16S2. The molecule has 15 N–H and O–H groups in total. The average molecular weight is 1640 g/mol. The van der Waals surface area contributed by atoms with Crippen LogP contribution >= 0.6 is 0 Å². The second kappa shape index (κ2) is 39.5. The lowest BCUT2D eigenvalue weighted by atomic mass is 9.76. The summed E-state index contributed by atoms with van der Waals surface area (Å²) in [5.74, 6) is -3.15. The fraction of sp³-hybridized carbons (Fsp3) is 0.277. The van der Waals surface area contributed by atoms with Crippen LogP contribution in [0.15, 0.2) is 208 Å². The van der Waals surface area contributed by atoms with Crippen LogP contribution in [0.2, 0.25) is 0 Å². The molecule has 4 heterocycles. The number of nitrogens with one attached hydrogen (secondary N) is 9. The molecule has 0 aliphatic carbocycles. The fourth-order valence-corrected chi connectivity index (χ4v) is 17.0. The predicted molar refractivity (Wildman–Crippen MR) is 442 cm³/mol. The SMILES string of the molecule is Cc1cc(OCCCC(=O)NCCN)cc(C)c1S(=O)(=O)N[C@@H](CNC(=O)c1cn(C)c2cc(CNc3ncc[nH]3)ccc2c1=O)C(=O)O.Cc1cc(OCCCC(=O)NCCN)cc(C)c1S(=O)(=O)N[C@@H](CNC(=O)c1cn(C)c2cc(CNc3nccn3C(c3ccccc3)(c3ccccc3)c3ccccc3)ccc2c1=O)C(=O)O. The first-order valence-electron chi connectivity index (χ1n) is 37.4. The van der Waals surface area contributed by atoms with Gasteiger partial charge in [0.2, 0.25) is 48.7 Å². The summed E-state index contributed by atoms with van der Waals surface area (Å²) in [5.41, 5.74) is 15.5. The van der Waals surface area contributed by atoms with Gasteiger partial charge in [0.15, 0.2) is 5.95 Å². The summed E-state index contributed by atoms with van der Waals surface area (Å²) in [6.07, 6.45) is 11.0. The number of aliphatic carboxylic acids is 2. The number of aromatic nitrogens is 6. The largest absolute Gasteiger partial charge is 0.494 e. The Morgan fingerprint density at radius 1 is 0.530 bits per heavy atom. The minimum absolute atomic E-state index is 0.138. The van der Waals surface area contributed by atoms with Gasteiger partial charge in [-0.05, 0) is 139 Å². The molecule has 614 valence electrons. The Morgan fingerprint density at radius 2 is 0.932 bits per heavy atom. The Morgan fingerprint density at radius 3 is 1.31 bits per heavy atom. The zero-order valence-corrected chi connectivity index (χ0v) is 66.9. The van der Waals surface area contributed by atoms with Gasteiger partial charge in [0, 0.05) is 127 Å². The number of pyridine rings is 2. The van der Waals surface area contributed by atoms with E-state index in [1.807, 2.05) is 66.9 Å². The number of benzene rings is 7. The number of carboxylic acid groups (broad SMARTS) is 2. The topological polar surface area (TPSA) is 468 Å². The van der Waals surface area contributed by atoms with Crippen molar-refractivity contribution in [3.05, 3.63) is 270 Å². The molecule has 0 aliphatic heterocycles. The van der Waals surface area contributed by atoms with E-state index in [1.54, 1.807) is 99.8 Å². The number of nitrogens with two attached hydrogens (primary N) is 2. The molecule has 2 atom stereocenters. The summed E-state index contributed by atoms with van der Waals surface area (Å²) < 4.78 is 75.1. The van der Waals surface area contributed by atoms with Gasteiger partial charge in [-0.15, -0.1) is 0 Å². The molecule has 0 radical (unpaired) electrons. The molecule has 11 aromatic rings. The lowest BCUT2D eigenvalue weighted by Gasteiger charge is -2.38. The quantitative estimate of drug-likeness (QED) is 0.0154. The lowest BCUT2D eigenvalue weighted by molar-refractivity contribution is -0.139. The van der Waals surface area contributed by atoms with E-state index in [9.17, 15) is 65.4 Å². The fourth-order valence-electron chi connectivity index (χ4n) is 13.7. The number of hydrogen-bond acceptors (Lipinski definition) is 20. The van der Waals surface area contributed by atoms with Crippen LogP contribution in [0.4, 0.5) is 11.9 Å². The molecule has 117 heavy (non-hydrogen) atoms. The number of carbonyl (C=O) groups excluding carboxylic acids is 4. The van der Waals surface area contributed by atoms with Crippen LogP contribution in [0.25, 0.3) is 21.8 Å². The van der Waals surface area contributed by atoms with Crippen LogP contribution in [-0.4, -0.2) is 156 Å². The van der Waals surface area contributed by atoms with E-state index in [-0.39, 0.29) is 69.6 Å². The number of H-pyrrole nitrogens is 1. The van der Waals surface area contributed by atoms with E-state index < -0.39 is 85.4 Å². The number of fused-ring (bicyclic) bond motifs is 2. The summed E-state index contributed by atoms with van der Waals surface area (Å²) >= 11 is 0. The number of carbonyl (C=O) groups is 6. The van der Waals surface area contributed by atoms with Crippen molar-refractivity contribution in [2.24, 2.45) is 25.6 Å². The average Bonchev–Trinajstić information content (AvgIpc) is 1.59. The first-order valence-corrected chi connectivity index (χ1v) is 40.4. The van der Waals surface area contributed by atoms with Gasteiger partial charge in [-0.2, -0.15) is 9.44 Å². The van der Waals surface area contributed by atoms with Crippen molar-refractivity contribution in [3.63, 3.8) is 0 Å². The van der Waals surface area contributed by atoms with Crippen molar-refractivity contribution in [2.75, 3.05) is 63.1 Å². The highest BCUT2D eigenvalue weighted by molar-refractivity contribution is 7.90. The Balaban J connectivity index is 0.000000261. The van der Waals surface area contributed by atoms with E-state index in [2.05, 4.69) is 92.3 Å². The highest BCUT2D eigenvalue weighted by Gasteiger charge is 2.40. The van der Waals surface area contributed by atoms with Crippen molar-refractivity contribution in [1.29, 1.82) is 0 Å². The number of nitrogens with zero attached hydrogens (tertiary/aromatic N) is 5. The number of aromatic amines is 1. The van der Waals surface area contributed by atoms with Gasteiger partial charge in [0.1, 0.15) is 40.2 Å². The van der Waals surface area contributed by atoms with E-state index in [4.69, 9.17) is 25.9 Å². The van der Waals surface area contributed by atoms with E-state index in [1.165, 1.54) is 36.7 Å². The van der Waals surface area contributed by atoms with Crippen molar-refractivity contribution >= 4 is 89.3 Å². The molecule has 0 aliphatic rings. The monoisotopic (exact) mass is 1630 g/mol. The van der Waals surface area contributed by atoms with Crippen LogP contribution in [0.3, 0.4) is 0 Å². The molecule has 34 heteroatoms. The molecular weight excluding hydrogens is 1540 g/mol. The van der Waals surface area contributed by atoms with Gasteiger partial charge in [-0.3, -0.25) is 42.9 Å². The van der Waals surface area contributed by atoms with Crippen LogP contribution in [0.5, 0.6) is 11.5 Å². The molecule has 0 saturated carbocycles. The standard InChI is InChI=1S/C51H54N8O8S.C32H40N8O8S/c1-34-28-40(67-27-13-20-45(60)53-24-23-52)29-35(2)47(34)68(65,66)57-43(49(63)64)32-55-48(62)42-33-58(3)44-30-36(21-22-41(44)46(42)61)31-56-50-54-25-26-59(50)51(37-14-7-4-8-15-37,38-16-9-5-10-17-38)39-18-11-6-12-19-39;1-19-13-22(48-12-4-5-27(41)34-9-8-33)14-20(2)29(19)49(46,47)39-25(31(44)45)17-37-30(43)24-18-40(3)26-15-21(6-7-23(26)28(24)42)16-38-32-35-10-11-36-32/h4-12,14-19,21-22,25-26,28-30,33,43,57H,13,20,23-24,27,31-32,52H2,1-3H3,(H,53,60)(H,54,56)(H,55,62)(H,63,64);6-7,10-11,13-15,18,25,39H,4-5,8-9,12,16-17,33H2,1-3H3,(H,34,41)(H,37,43)(H,44,45)(H2,35,36,38)/t43-;25-/m00/s1. The number of anilines is 2. The maximum Gasteiger partial charge on any atom is 0.323 e. The molecule has 7 aromatic carbocycles.